The average Bonchev–Trinajstić information content (AvgIpc) is 2.57. The molecule has 1 heterocycles. The number of nitrogens with zero attached hydrogens (tertiary/aromatic N) is 1. The van der Waals surface area contributed by atoms with Crippen LogP contribution in [0.25, 0.3) is 0 Å². The van der Waals surface area contributed by atoms with Crippen molar-refractivity contribution in [2.75, 3.05) is 19.8 Å². The van der Waals surface area contributed by atoms with Gasteiger partial charge in [-0.1, -0.05) is 32.6 Å². The lowest BCUT2D eigenvalue weighted by molar-refractivity contribution is -0.270. The molecule has 8 heteroatoms. The minimum Gasteiger partial charge on any atom is -0.395 e. The molecule has 1 saturated heterocycles. The van der Waals surface area contributed by atoms with Gasteiger partial charge in [0.25, 0.3) is 0 Å². The first-order chi connectivity index (χ1) is 11.5. The summed E-state index contributed by atoms with van der Waals surface area (Å²) in [5, 5.41) is 48.5. The van der Waals surface area contributed by atoms with E-state index in [2.05, 4.69) is 6.92 Å². The summed E-state index contributed by atoms with van der Waals surface area (Å²) >= 11 is 0. The number of amides is 1. The third-order valence-corrected chi connectivity index (χ3v) is 4.38. The topological polar surface area (TPSA) is 131 Å². The monoisotopic (exact) mass is 349 g/mol. The summed E-state index contributed by atoms with van der Waals surface area (Å²) in [6.07, 6.45) is -0.483. The molecule has 5 N–H and O–H groups in total. The van der Waals surface area contributed by atoms with Crippen LogP contribution in [0.15, 0.2) is 0 Å². The van der Waals surface area contributed by atoms with Crippen molar-refractivity contribution >= 4 is 5.91 Å². The van der Waals surface area contributed by atoms with Crippen LogP contribution in [0.5, 0.6) is 0 Å². The maximum absolute atomic E-state index is 12.4. The molecule has 0 radical (unpaired) electrons. The van der Waals surface area contributed by atoms with Crippen LogP contribution in [0.2, 0.25) is 0 Å². The fourth-order valence-corrected chi connectivity index (χ4v) is 2.99. The van der Waals surface area contributed by atoms with Crippen molar-refractivity contribution in [3.63, 3.8) is 0 Å². The molecule has 0 aliphatic carbocycles. The smallest absolute Gasteiger partial charge is 0.223 e. The molecule has 1 unspecified atom stereocenters. The number of hydrogen-bond acceptors (Lipinski definition) is 7. The first-order valence-corrected chi connectivity index (χ1v) is 8.68. The van der Waals surface area contributed by atoms with E-state index < -0.39 is 37.3 Å². The van der Waals surface area contributed by atoms with Crippen LogP contribution in [0, 0.1) is 0 Å². The van der Waals surface area contributed by atoms with Crippen LogP contribution in [0.4, 0.5) is 0 Å². The standard InChI is InChI=1S/C16H31NO7/c1-2-3-4-5-6-7-12(20)17(8-9-18)13-15(22)14(21)11(10-19)24-16(13)23/h11,13-16,18-19,21-23H,2-10H2,1H3/t11-,13-,14-,15-,16?/m1/s1. The Bertz CT molecular complexity index is 368. The molecule has 1 rings (SSSR count). The van der Waals surface area contributed by atoms with Gasteiger partial charge in [-0.05, 0) is 6.42 Å². The molecule has 0 aromatic rings. The van der Waals surface area contributed by atoms with Crippen LogP contribution in [-0.4, -0.2) is 86.7 Å². The van der Waals surface area contributed by atoms with Crippen LogP contribution in [0.3, 0.4) is 0 Å². The number of rotatable bonds is 10. The number of unbranched alkanes of at least 4 members (excludes halogenated alkanes) is 4. The van der Waals surface area contributed by atoms with E-state index in [0.29, 0.717) is 6.42 Å². The predicted molar refractivity (Wildman–Crippen MR) is 85.9 cm³/mol. The van der Waals surface area contributed by atoms with Gasteiger partial charge in [0.1, 0.15) is 24.4 Å². The zero-order valence-corrected chi connectivity index (χ0v) is 14.3. The Morgan fingerprint density at radius 3 is 2.29 bits per heavy atom. The lowest BCUT2D eigenvalue weighted by Crippen LogP contribution is -2.65. The van der Waals surface area contributed by atoms with Crippen molar-refractivity contribution < 1.29 is 35.1 Å². The van der Waals surface area contributed by atoms with Gasteiger partial charge in [-0.2, -0.15) is 0 Å². The largest absolute Gasteiger partial charge is 0.395 e. The Balaban J connectivity index is 2.69. The van der Waals surface area contributed by atoms with Crippen molar-refractivity contribution in [1.29, 1.82) is 0 Å². The van der Waals surface area contributed by atoms with Crippen molar-refractivity contribution in [3.05, 3.63) is 0 Å². The first-order valence-electron chi connectivity index (χ1n) is 8.68. The molecule has 1 aliphatic rings. The Kier molecular flexibility index (Phi) is 9.72. The highest BCUT2D eigenvalue weighted by Gasteiger charge is 2.47. The molecule has 1 fully saturated rings. The van der Waals surface area contributed by atoms with Crippen LogP contribution >= 0.6 is 0 Å². The van der Waals surface area contributed by atoms with Crippen LogP contribution in [-0.2, 0) is 9.53 Å². The van der Waals surface area contributed by atoms with Gasteiger partial charge in [0.15, 0.2) is 6.29 Å². The van der Waals surface area contributed by atoms with Crippen molar-refractivity contribution in [2.45, 2.75) is 76.1 Å². The number of aliphatic hydroxyl groups excluding tert-OH is 5. The molecule has 0 spiro atoms. The summed E-state index contributed by atoms with van der Waals surface area (Å²) in [5.74, 6) is -0.318. The van der Waals surface area contributed by atoms with Gasteiger partial charge in [-0.3, -0.25) is 4.79 Å². The lowest BCUT2D eigenvalue weighted by Gasteiger charge is -2.45. The minimum absolute atomic E-state index is 0.0769. The van der Waals surface area contributed by atoms with Crippen LogP contribution < -0.4 is 0 Å². The van der Waals surface area contributed by atoms with E-state index in [0.717, 1.165) is 30.6 Å². The van der Waals surface area contributed by atoms with E-state index in [4.69, 9.17) is 9.84 Å². The predicted octanol–water partition coefficient (Wildman–Crippen LogP) is -1.03. The quantitative estimate of drug-likeness (QED) is 0.319. The lowest BCUT2D eigenvalue weighted by atomic mass is 9.95. The fraction of sp³-hybridized carbons (Fsp3) is 0.938. The summed E-state index contributed by atoms with van der Waals surface area (Å²) in [4.78, 5) is 13.6. The second-order valence-corrected chi connectivity index (χ2v) is 6.19. The Morgan fingerprint density at radius 1 is 1.04 bits per heavy atom. The third-order valence-electron chi connectivity index (χ3n) is 4.38. The average molecular weight is 349 g/mol. The molecule has 0 aromatic carbocycles. The molecule has 1 amide bonds. The van der Waals surface area contributed by atoms with E-state index in [1.807, 2.05) is 0 Å². The second kappa shape index (κ2) is 11.0. The molecule has 1 aliphatic heterocycles. The molecule has 8 nitrogen and oxygen atoms in total. The molecular weight excluding hydrogens is 318 g/mol. The van der Waals surface area contributed by atoms with Crippen molar-refractivity contribution in [2.24, 2.45) is 0 Å². The zero-order valence-electron chi connectivity index (χ0n) is 14.3. The van der Waals surface area contributed by atoms with Crippen molar-refractivity contribution in [3.8, 4) is 0 Å². The molecule has 0 aromatic heterocycles. The Hall–Kier alpha value is -0.770. The van der Waals surface area contributed by atoms with Gasteiger partial charge in [0, 0.05) is 13.0 Å². The Morgan fingerprint density at radius 2 is 1.71 bits per heavy atom. The number of carbonyl (C=O) groups excluding carboxylic acids is 1. The maximum atomic E-state index is 12.4. The van der Waals surface area contributed by atoms with E-state index in [-0.39, 0.29) is 25.5 Å². The molecule has 5 atom stereocenters. The van der Waals surface area contributed by atoms with Gasteiger partial charge >= 0.3 is 0 Å². The first kappa shape index (κ1) is 21.3. The number of hydrogen-bond donors (Lipinski definition) is 5. The second-order valence-electron chi connectivity index (χ2n) is 6.19. The third kappa shape index (κ3) is 5.65. The van der Waals surface area contributed by atoms with E-state index in [9.17, 15) is 25.2 Å². The molecule has 24 heavy (non-hydrogen) atoms. The molecular formula is C16H31NO7. The van der Waals surface area contributed by atoms with E-state index in [1.165, 1.54) is 0 Å². The summed E-state index contributed by atoms with van der Waals surface area (Å²) < 4.78 is 5.09. The highest BCUT2D eigenvalue weighted by atomic mass is 16.6. The van der Waals surface area contributed by atoms with E-state index in [1.54, 1.807) is 0 Å². The Labute approximate surface area is 142 Å². The number of aliphatic hydroxyl groups is 5. The van der Waals surface area contributed by atoms with Gasteiger partial charge in [-0.15, -0.1) is 0 Å². The van der Waals surface area contributed by atoms with Gasteiger partial charge < -0.3 is 35.2 Å². The number of carbonyl (C=O) groups is 1. The normalized spacial score (nSPS) is 30.3. The van der Waals surface area contributed by atoms with Gasteiger partial charge in [0.05, 0.1) is 13.2 Å². The van der Waals surface area contributed by atoms with Gasteiger partial charge in [-0.25, -0.2) is 0 Å². The summed E-state index contributed by atoms with van der Waals surface area (Å²) in [7, 11) is 0. The summed E-state index contributed by atoms with van der Waals surface area (Å²) in [6.45, 7) is 1.13. The van der Waals surface area contributed by atoms with Crippen molar-refractivity contribution in [1.82, 2.24) is 4.90 Å². The zero-order chi connectivity index (χ0) is 18.1. The maximum Gasteiger partial charge on any atom is 0.223 e. The van der Waals surface area contributed by atoms with Gasteiger partial charge in [0.2, 0.25) is 5.91 Å². The summed E-state index contributed by atoms with van der Waals surface area (Å²) in [5.41, 5.74) is 0. The highest BCUT2D eigenvalue weighted by molar-refractivity contribution is 5.76. The highest BCUT2D eigenvalue weighted by Crippen LogP contribution is 2.25. The molecule has 0 bridgehead atoms. The molecule has 142 valence electrons. The fourth-order valence-electron chi connectivity index (χ4n) is 2.99. The van der Waals surface area contributed by atoms with Crippen LogP contribution in [0.1, 0.15) is 45.4 Å². The number of ether oxygens (including phenoxy) is 1. The summed E-state index contributed by atoms with van der Waals surface area (Å²) in [6, 6.07) is -1.18. The SMILES string of the molecule is CCCCCCCC(=O)N(CCO)[C@H]1C(O)O[C@H](CO)[C@@H](O)[C@@H]1O. The van der Waals surface area contributed by atoms with E-state index >= 15 is 0 Å². The molecule has 0 saturated carbocycles. The minimum atomic E-state index is -1.55.